The molecular weight excluding hydrogens is 282 g/mol. The van der Waals surface area contributed by atoms with Gasteiger partial charge in [-0.25, -0.2) is 0 Å². The summed E-state index contributed by atoms with van der Waals surface area (Å²) >= 11 is 0. The van der Waals surface area contributed by atoms with Gasteiger partial charge in [-0.1, -0.05) is 13.3 Å². The molecule has 1 spiro atoms. The van der Waals surface area contributed by atoms with Crippen molar-refractivity contribution < 1.29 is 0 Å². The molecule has 23 heavy (non-hydrogen) atoms. The second-order valence-electron chi connectivity index (χ2n) is 9.44. The van der Waals surface area contributed by atoms with Crippen LogP contribution in [-0.2, 0) is 0 Å². The first-order valence-electron chi connectivity index (χ1n) is 10.3. The number of piperidine rings is 2. The summed E-state index contributed by atoms with van der Waals surface area (Å²) in [6.07, 6.45) is 11.7. The van der Waals surface area contributed by atoms with Crippen molar-refractivity contribution >= 4 is 0 Å². The van der Waals surface area contributed by atoms with Crippen LogP contribution >= 0.6 is 0 Å². The molecule has 3 nitrogen and oxygen atoms in total. The molecule has 0 aromatic rings. The zero-order valence-electron chi connectivity index (χ0n) is 15.5. The van der Waals surface area contributed by atoms with Crippen LogP contribution in [0.3, 0.4) is 0 Å². The van der Waals surface area contributed by atoms with E-state index in [-0.39, 0.29) is 0 Å². The lowest BCUT2D eigenvalue weighted by Crippen LogP contribution is -2.62. The van der Waals surface area contributed by atoms with Crippen molar-refractivity contribution in [3.63, 3.8) is 0 Å². The fraction of sp³-hybridized carbons (Fsp3) is 1.00. The van der Waals surface area contributed by atoms with Crippen molar-refractivity contribution in [3.8, 4) is 0 Å². The molecule has 0 aromatic heterocycles. The number of hydrogen-bond donors (Lipinski definition) is 0. The number of hydrogen-bond acceptors (Lipinski definition) is 3. The van der Waals surface area contributed by atoms with Crippen LogP contribution < -0.4 is 0 Å². The van der Waals surface area contributed by atoms with Gasteiger partial charge in [0.25, 0.3) is 0 Å². The highest BCUT2D eigenvalue weighted by molar-refractivity contribution is 5.00. The van der Waals surface area contributed by atoms with Gasteiger partial charge in [-0.2, -0.15) is 0 Å². The molecule has 4 aliphatic rings. The average molecular weight is 320 g/mol. The van der Waals surface area contributed by atoms with Crippen molar-refractivity contribution in [2.45, 2.75) is 64.3 Å². The van der Waals surface area contributed by atoms with E-state index in [1.807, 2.05) is 0 Å². The summed E-state index contributed by atoms with van der Waals surface area (Å²) < 4.78 is 0. The van der Waals surface area contributed by atoms with Crippen LogP contribution in [0.1, 0.15) is 58.3 Å². The lowest BCUT2D eigenvalue weighted by molar-refractivity contribution is -0.0274. The van der Waals surface area contributed by atoms with E-state index in [2.05, 4.69) is 28.7 Å². The summed E-state index contributed by atoms with van der Waals surface area (Å²) in [4.78, 5) is 8.11. The molecule has 3 heterocycles. The second-order valence-corrected chi connectivity index (χ2v) is 9.44. The van der Waals surface area contributed by atoms with E-state index in [0.29, 0.717) is 5.41 Å². The Kier molecular flexibility index (Phi) is 4.49. The molecule has 3 saturated heterocycles. The minimum atomic E-state index is 0.714. The number of likely N-dealkylation sites (tertiary alicyclic amines) is 3. The Balaban J connectivity index is 1.19. The summed E-state index contributed by atoms with van der Waals surface area (Å²) in [5.41, 5.74) is 1.46. The van der Waals surface area contributed by atoms with Crippen LogP contribution in [-0.4, -0.2) is 73.6 Å². The van der Waals surface area contributed by atoms with Crippen LogP contribution in [0.25, 0.3) is 0 Å². The van der Waals surface area contributed by atoms with Gasteiger partial charge in [-0.3, -0.25) is 9.80 Å². The first kappa shape index (κ1) is 16.4. The fourth-order valence-electron chi connectivity index (χ4n) is 5.53. The van der Waals surface area contributed by atoms with Crippen LogP contribution in [0.4, 0.5) is 0 Å². The Bertz CT molecular complexity index is 393. The normalized spacial score (nSPS) is 32.1. The lowest BCUT2D eigenvalue weighted by atomic mass is 9.71. The molecule has 0 unspecified atom stereocenters. The minimum Gasteiger partial charge on any atom is -0.306 e. The molecule has 0 radical (unpaired) electrons. The Morgan fingerprint density at radius 2 is 1.48 bits per heavy atom. The molecule has 1 saturated carbocycles. The average Bonchev–Trinajstić information content (AvgIpc) is 3.28. The minimum absolute atomic E-state index is 0.714. The highest BCUT2D eigenvalue weighted by Crippen LogP contribution is 2.51. The maximum atomic E-state index is 2.83. The van der Waals surface area contributed by atoms with Crippen molar-refractivity contribution in [1.29, 1.82) is 0 Å². The monoisotopic (exact) mass is 319 g/mol. The molecular formula is C20H37N3. The Labute approximate surface area is 143 Å². The molecule has 0 atom stereocenters. The zero-order chi connectivity index (χ0) is 15.9. The smallest absolute Gasteiger partial charge is 0.0350 e. The number of rotatable bonds is 5. The molecule has 1 aliphatic carbocycles. The Morgan fingerprint density at radius 1 is 0.870 bits per heavy atom. The van der Waals surface area contributed by atoms with Gasteiger partial charge in [-0.05, 0) is 89.0 Å². The zero-order valence-corrected chi connectivity index (χ0v) is 15.5. The predicted molar refractivity (Wildman–Crippen MR) is 96.8 cm³/mol. The van der Waals surface area contributed by atoms with Crippen LogP contribution in [0.5, 0.6) is 0 Å². The molecule has 132 valence electrons. The van der Waals surface area contributed by atoms with Crippen molar-refractivity contribution in [1.82, 2.24) is 14.7 Å². The van der Waals surface area contributed by atoms with E-state index < -0.39 is 0 Å². The maximum absolute atomic E-state index is 2.83. The molecule has 0 N–H and O–H groups in total. The summed E-state index contributed by atoms with van der Waals surface area (Å²) in [5, 5.41) is 0. The highest BCUT2D eigenvalue weighted by atomic mass is 15.3. The molecule has 3 aliphatic heterocycles. The third kappa shape index (κ3) is 3.48. The number of nitrogens with zero attached hydrogens (tertiary/aromatic N) is 3. The van der Waals surface area contributed by atoms with Crippen LogP contribution in [0.15, 0.2) is 0 Å². The van der Waals surface area contributed by atoms with Crippen molar-refractivity contribution in [2.24, 2.45) is 10.8 Å². The second kappa shape index (κ2) is 6.31. The molecule has 0 amide bonds. The molecule has 4 rings (SSSR count). The van der Waals surface area contributed by atoms with Crippen molar-refractivity contribution in [3.05, 3.63) is 0 Å². The van der Waals surface area contributed by atoms with Crippen LogP contribution in [0.2, 0.25) is 0 Å². The summed E-state index contributed by atoms with van der Waals surface area (Å²) in [6, 6.07) is 0.885. The van der Waals surface area contributed by atoms with Gasteiger partial charge in [-0.15, -0.1) is 0 Å². The Hall–Kier alpha value is -0.120. The van der Waals surface area contributed by atoms with Crippen molar-refractivity contribution in [2.75, 3.05) is 52.9 Å². The van der Waals surface area contributed by atoms with Gasteiger partial charge in [0.2, 0.25) is 0 Å². The SMILES string of the molecule is CCCC1(CN2CC(N3CCC4(CCN(C)CC4)CC3)C2)CC1. The van der Waals surface area contributed by atoms with E-state index in [1.165, 1.54) is 97.2 Å². The van der Waals surface area contributed by atoms with E-state index in [9.17, 15) is 0 Å². The first-order valence-corrected chi connectivity index (χ1v) is 10.3. The van der Waals surface area contributed by atoms with Crippen LogP contribution in [0, 0.1) is 10.8 Å². The Morgan fingerprint density at radius 3 is 2.04 bits per heavy atom. The van der Waals surface area contributed by atoms with E-state index in [1.54, 1.807) is 0 Å². The fourth-order valence-corrected chi connectivity index (χ4v) is 5.53. The lowest BCUT2D eigenvalue weighted by Gasteiger charge is -2.52. The van der Waals surface area contributed by atoms with E-state index in [0.717, 1.165) is 11.5 Å². The highest BCUT2D eigenvalue weighted by Gasteiger charge is 2.46. The largest absolute Gasteiger partial charge is 0.306 e. The molecule has 0 bridgehead atoms. The summed E-state index contributed by atoms with van der Waals surface area (Å²) in [6.45, 7) is 11.9. The van der Waals surface area contributed by atoms with Gasteiger partial charge in [0.15, 0.2) is 0 Å². The summed E-state index contributed by atoms with van der Waals surface area (Å²) in [5.74, 6) is 0. The van der Waals surface area contributed by atoms with E-state index in [4.69, 9.17) is 0 Å². The van der Waals surface area contributed by atoms with Gasteiger partial charge < -0.3 is 4.90 Å². The van der Waals surface area contributed by atoms with E-state index >= 15 is 0 Å². The standard InChI is InChI=1S/C20H37N3/c1-3-4-20(5-6-20)17-22-15-18(16-22)23-13-9-19(10-14-23)7-11-21(2)12-8-19/h18H,3-17H2,1-2H3. The third-order valence-electron chi connectivity index (χ3n) is 7.66. The third-order valence-corrected chi connectivity index (χ3v) is 7.66. The van der Waals surface area contributed by atoms with Gasteiger partial charge in [0, 0.05) is 25.7 Å². The maximum Gasteiger partial charge on any atom is 0.0350 e. The summed E-state index contributed by atoms with van der Waals surface area (Å²) in [7, 11) is 2.29. The molecule has 0 aromatic carbocycles. The first-order chi connectivity index (χ1) is 11.1. The predicted octanol–water partition coefficient (Wildman–Crippen LogP) is 3.06. The van der Waals surface area contributed by atoms with Gasteiger partial charge >= 0.3 is 0 Å². The van der Waals surface area contributed by atoms with Gasteiger partial charge in [0.05, 0.1) is 0 Å². The topological polar surface area (TPSA) is 9.72 Å². The molecule has 4 fully saturated rings. The van der Waals surface area contributed by atoms with Gasteiger partial charge in [0.1, 0.15) is 0 Å². The quantitative estimate of drug-likeness (QED) is 0.771. The molecule has 3 heteroatoms.